The molecule has 0 radical (unpaired) electrons. The summed E-state index contributed by atoms with van der Waals surface area (Å²) in [5.74, 6) is 0.287. The van der Waals surface area contributed by atoms with Crippen LogP contribution in [-0.4, -0.2) is 5.78 Å². The van der Waals surface area contributed by atoms with Crippen LogP contribution in [0.5, 0.6) is 5.75 Å². The minimum atomic E-state index is -0.384. The molecule has 1 aliphatic carbocycles. The van der Waals surface area contributed by atoms with Crippen LogP contribution in [0.3, 0.4) is 0 Å². The topological polar surface area (TPSA) is 56.5 Å². The minimum Gasteiger partial charge on any atom is -0.484 e. The maximum Gasteiger partial charge on any atom is 0.343 e. The summed E-state index contributed by atoms with van der Waals surface area (Å²) in [4.78, 5) is 25.2. The Labute approximate surface area is 144 Å². The highest BCUT2D eigenvalue weighted by Crippen LogP contribution is 2.52. The van der Waals surface area contributed by atoms with Crippen LogP contribution < -0.4 is 10.4 Å². The van der Waals surface area contributed by atoms with Gasteiger partial charge in [0.15, 0.2) is 0 Å². The molecule has 3 aromatic rings. The zero-order chi connectivity index (χ0) is 17.0. The quantitative estimate of drug-likeness (QED) is 0.632. The fourth-order valence-corrected chi connectivity index (χ4v) is 4.27. The van der Waals surface area contributed by atoms with Gasteiger partial charge >= 0.3 is 5.63 Å². The van der Waals surface area contributed by atoms with Crippen LogP contribution >= 0.6 is 0 Å². The van der Waals surface area contributed by atoms with E-state index in [9.17, 15) is 9.59 Å². The van der Waals surface area contributed by atoms with E-state index >= 15 is 0 Å². The first kappa shape index (κ1) is 14.5. The van der Waals surface area contributed by atoms with Gasteiger partial charge in [-0.25, -0.2) is 4.79 Å². The van der Waals surface area contributed by atoms with Gasteiger partial charge in [-0.2, -0.15) is 0 Å². The lowest BCUT2D eigenvalue weighted by atomic mass is 9.80. The second-order valence-corrected chi connectivity index (χ2v) is 6.71. The van der Waals surface area contributed by atoms with Crippen LogP contribution in [0.4, 0.5) is 0 Å². The largest absolute Gasteiger partial charge is 0.484 e. The molecule has 1 saturated carbocycles. The van der Waals surface area contributed by atoms with Crippen LogP contribution in [0, 0.1) is 5.92 Å². The van der Waals surface area contributed by atoms with Crippen molar-refractivity contribution in [2.24, 2.45) is 5.92 Å². The number of ketones is 1. The summed E-state index contributed by atoms with van der Waals surface area (Å²) < 4.78 is 11.8. The second-order valence-electron chi connectivity index (χ2n) is 6.71. The zero-order valence-corrected chi connectivity index (χ0v) is 13.5. The Hall–Kier alpha value is -2.88. The van der Waals surface area contributed by atoms with E-state index < -0.39 is 0 Å². The van der Waals surface area contributed by atoms with E-state index in [4.69, 9.17) is 9.15 Å². The highest BCUT2D eigenvalue weighted by atomic mass is 16.5. The van der Waals surface area contributed by atoms with Gasteiger partial charge in [0.1, 0.15) is 23.2 Å². The molecule has 0 spiro atoms. The van der Waals surface area contributed by atoms with Crippen molar-refractivity contribution in [3.05, 3.63) is 76.1 Å². The third-order valence-corrected chi connectivity index (χ3v) is 5.38. The van der Waals surface area contributed by atoms with Gasteiger partial charge in [0, 0.05) is 12.3 Å². The molecule has 2 heterocycles. The molecule has 0 N–H and O–H groups in total. The van der Waals surface area contributed by atoms with E-state index in [1.807, 2.05) is 48.5 Å². The molecule has 1 aromatic heterocycles. The van der Waals surface area contributed by atoms with Gasteiger partial charge in [-0.05, 0) is 24.1 Å². The Bertz CT molecular complexity index is 1030. The fraction of sp³-hybridized carbons (Fsp3) is 0.238. The molecule has 5 rings (SSSR count). The van der Waals surface area contributed by atoms with Crippen LogP contribution in [0.15, 0.2) is 63.8 Å². The number of Topliss-reactive ketones (excluding diaryl/α,β-unsaturated/α-hetero) is 1. The fourth-order valence-electron chi connectivity index (χ4n) is 4.27. The summed E-state index contributed by atoms with van der Waals surface area (Å²) >= 11 is 0. The molecule has 124 valence electrons. The average Bonchev–Trinajstić information content (AvgIpc) is 3.03. The molecule has 0 saturated heterocycles. The Morgan fingerprint density at radius 2 is 1.68 bits per heavy atom. The maximum absolute atomic E-state index is 12.6. The van der Waals surface area contributed by atoms with Gasteiger partial charge in [0.25, 0.3) is 0 Å². The lowest BCUT2D eigenvalue weighted by Crippen LogP contribution is -2.33. The molecule has 2 aliphatic rings. The highest BCUT2D eigenvalue weighted by Gasteiger charge is 2.49. The first-order valence-corrected chi connectivity index (χ1v) is 8.54. The highest BCUT2D eigenvalue weighted by molar-refractivity contribution is 5.89. The molecule has 4 heteroatoms. The first-order valence-electron chi connectivity index (χ1n) is 8.54. The standard InChI is InChI=1S/C21H16O4/c22-15-11-10-14-17(15)19(12-6-2-1-3-7-12)25-20-13-8-4-5-9-16(13)24-21(23)18(14)20/h1-9,14,17,19H,10-11H2/t14-,17-,19-/m1/s1. The number of fused-ring (bicyclic) bond motifs is 5. The van der Waals surface area contributed by atoms with Gasteiger partial charge in [-0.1, -0.05) is 42.5 Å². The zero-order valence-electron chi connectivity index (χ0n) is 13.5. The molecule has 3 atom stereocenters. The molecular formula is C21H16O4. The lowest BCUT2D eigenvalue weighted by molar-refractivity contribution is -0.124. The number of carbonyl (C=O) groups is 1. The summed E-state index contributed by atoms with van der Waals surface area (Å²) in [7, 11) is 0. The number of benzene rings is 2. The third kappa shape index (κ3) is 2.07. The first-order chi connectivity index (χ1) is 12.2. The number of ether oxygens (including phenoxy) is 1. The Morgan fingerprint density at radius 1 is 0.920 bits per heavy atom. The van der Waals surface area contributed by atoms with E-state index in [0.29, 0.717) is 29.7 Å². The monoisotopic (exact) mass is 332 g/mol. The van der Waals surface area contributed by atoms with E-state index in [0.717, 1.165) is 10.9 Å². The predicted octanol–water partition coefficient (Wildman–Crippen LogP) is 3.99. The summed E-state index contributed by atoms with van der Waals surface area (Å²) in [5.41, 5.74) is 1.63. The van der Waals surface area contributed by atoms with Crippen molar-refractivity contribution in [3.63, 3.8) is 0 Å². The molecule has 1 fully saturated rings. The lowest BCUT2D eigenvalue weighted by Gasteiger charge is -2.35. The van der Waals surface area contributed by atoms with E-state index in [-0.39, 0.29) is 29.3 Å². The van der Waals surface area contributed by atoms with Crippen molar-refractivity contribution in [3.8, 4) is 5.75 Å². The molecule has 0 amide bonds. The maximum atomic E-state index is 12.6. The van der Waals surface area contributed by atoms with Crippen molar-refractivity contribution in [2.45, 2.75) is 24.9 Å². The van der Waals surface area contributed by atoms with Gasteiger partial charge in [-0.15, -0.1) is 0 Å². The van der Waals surface area contributed by atoms with Crippen LogP contribution in [0.1, 0.15) is 36.0 Å². The average molecular weight is 332 g/mol. The van der Waals surface area contributed by atoms with Gasteiger partial charge in [0.2, 0.25) is 0 Å². The molecule has 0 bridgehead atoms. The normalized spacial score (nSPS) is 24.6. The predicted molar refractivity (Wildman–Crippen MR) is 92.8 cm³/mol. The molecule has 25 heavy (non-hydrogen) atoms. The smallest absolute Gasteiger partial charge is 0.343 e. The van der Waals surface area contributed by atoms with Crippen molar-refractivity contribution in [2.75, 3.05) is 0 Å². The number of carbonyl (C=O) groups excluding carboxylic acids is 1. The number of rotatable bonds is 1. The van der Waals surface area contributed by atoms with E-state index in [1.165, 1.54) is 0 Å². The second kappa shape index (κ2) is 5.31. The molecular weight excluding hydrogens is 316 g/mol. The Morgan fingerprint density at radius 3 is 2.52 bits per heavy atom. The molecule has 2 aromatic carbocycles. The Balaban J connectivity index is 1.78. The molecule has 0 unspecified atom stereocenters. The molecule has 1 aliphatic heterocycles. The number of hydrogen-bond donors (Lipinski definition) is 0. The summed E-state index contributed by atoms with van der Waals surface area (Å²) in [6.07, 6.45) is 0.791. The van der Waals surface area contributed by atoms with Crippen LogP contribution in [-0.2, 0) is 4.79 Å². The van der Waals surface area contributed by atoms with Crippen molar-refractivity contribution in [1.82, 2.24) is 0 Å². The summed E-state index contributed by atoms with van der Waals surface area (Å²) in [5, 5.41) is 0.788. The van der Waals surface area contributed by atoms with Crippen molar-refractivity contribution < 1.29 is 13.9 Å². The van der Waals surface area contributed by atoms with Crippen molar-refractivity contribution in [1.29, 1.82) is 0 Å². The van der Waals surface area contributed by atoms with E-state index in [2.05, 4.69) is 0 Å². The summed E-state index contributed by atoms with van der Waals surface area (Å²) in [6.45, 7) is 0. The number of para-hydroxylation sites is 1. The van der Waals surface area contributed by atoms with Crippen LogP contribution in [0.2, 0.25) is 0 Å². The Kier molecular flexibility index (Phi) is 3.07. The van der Waals surface area contributed by atoms with Crippen LogP contribution in [0.25, 0.3) is 11.0 Å². The van der Waals surface area contributed by atoms with Gasteiger partial charge in [0.05, 0.1) is 16.9 Å². The van der Waals surface area contributed by atoms with E-state index in [1.54, 1.807) is 6.07 Å². The summed E-state index contributed by atoms with van der Waals surface area (Å²) in [6, 6.07) is 17.2. The van der Waals surface area contributed by atoms with Gasteiger partial charge < -0.3 is 9.15 Å². The van der Waals surface area contributed by atoms with Crippen molar-refractivity contribution >= 4 is 16.8 Å². The minimum absolute atomic E-state index is 0.137. The third-order valence-electron chi connectivity index (χ3n) is 5.38. The SMILES string of the molecule is O=C1CC[C@H]2c3c(c4ccccc4oc3=O)O[C@H](c3ccccc3)[C@@H]12. The molecule has 4 nitrogen and oxygen atoms in total. The number of hydrogen-bond acceptors (Lipinski definition) is 4. The van der Waals surface area contributed by atoms with Gasteiger partial charge in [-0.3, -0.25) is 4.79 Å².